The number of hydrogen-bond donors (Lipinski definition) is 1. The van der Waals surface area contributed by atoms with E-state index in [1.807, 2.05) is 18.2 Å². The number of anilines is 2. The predicted octanol–water partition coefficient (Wildman–Crippen LogP) is 3.90. The third kappa shape index (κ3) is 3.25. The van der Waals surface area contributed by atoms with Gasteiger partial charge in [0.05, 0.1) is 6.42 Å². The average Bonchev–Trinajstić information content (AvgIpc) is 2.92. The molecule has 2 aromatic carbocycles. The van der Waals surface area contributed by atoms with Crippen LogP contribution in [0.1, 0.15) is 18.1 Å². The van der Waals surface area contributed by atoms with Crippen molar-refractivity contribution < 1.29 is 4.79 Å². The monoisotopic (exact) mass is 314 g/mol. The molecule has 2 aromatic rings. The fourth-order valence-corrected chi connectivity index (χ4v) is 2.97. The molecule has 0 saturated heterocycles. The van der Waals surface area contributed by atoms with E-state index in [2.05, 4.69) is 29.3 Å². The van der Waals surface area contributed by atoms with Gasteiger partial charge in [0.15, 0.2) is 0 Å². The zero-order valence-corrected chi connectivity index (χ0v) is 13.4. The van der Waals surface area contributed by atoms with Crippen LogP contribution >= 0.6 is 11.6 Å². The third-order valence-corrected chi connectivity index (χ3v) is 4.27. The number of carbonyl (C=O) groups is 1. The van der Waals surface area contributed by atoms with E-state index in [1.54, 1.807) is 12.1 Å². The van der Waals surface area contributed by atoms with E-state index in [-0.39, 0.29) is 5.91 Å². The van der Waals surface area contributed by atoms with E-state index in [0.717, 1.165) is 30.8 Å². The highest BCUT2D eigenvalue weighted by molar-refractivity contribution is 6.30. The maximum absolute atomic E-state index is 12.2. The second-order valence-corrected chi connectivity index (χ2v) is 5.96. The lowest BCUT2D eigenvalue weighted by molar-refractivity contribution is -0.115. The van der Waals surface area contributed by atoms with Crippen molar-refractivity contribution in [1.82, 2.24) is 0 Å². The summed E-state index contributed by atoms with van der Waals surface area (Å²) in [5, 5.41) is 3.66. The van der Waals surface area contributed by atoms with Crippen molar-refractivity contribution in [3.63, 3.8) is 0 Å². The molecule has 1 amide bonds. The first-order valence-electron chi connectivity index (χ1n) is 7.58. The Morgan fingerprint density at radius 2 is 2.00 bits per heavy atom. The van der Waals surface area contributed by atoms with E-state index >= 15 is 0 Å². The summed E-state index contributed by atoms with van der Waals surface area (Å²) in [6.45, 7) is 4.21. The van der Waals surface area contributed by atoms with Crippen LogP contribution in [0.15, 0.2) is 42.5 Å². The Morgan fingerprint density at radius 3 is 2.73 bits per heavy atom. The molecule has 1 aliphatic heterocycles. The van der Waals surface area contributed by atoms with Gasteiger partial charge >= 0.3 is 0 Å². The highest BCUT2D eigenvalue weighted by Gasteiger charge is 2.18. The Labute approximate surface area is 135 Å². The van der Waals surface area contributed by atoms with Crippen molar-refractivity contribution >= 4 is 28.9 Å². The van der Waals surface area contributed by atoms with Crippen molar-refractivity contribution in [3.05, 3.63) is 58.6 Å². The molecule has 0 fully saturated rings. The van der Waals surface area contributed by atoms with E-state index in [4.69, 9.17) is 11.6 Å². The molecule has 0 radical (unpaired) electrons. The standard InChI is InChI=1S/C18H19ClN2O/c1-2-21-10-9-14-5-8-16(12-17(14)21)20-18(22)11-13-3-6-15(19)7-4-13/h3-8,12H,2,9-11H2,1H3,(H,20,22). The van der Waals surface area contributed by atoms with Gasteiger partial charge in [-0.3, -0.25) is 4.79 Å². The Bertz CT molecular complexity index is 682. The molecule has 0 spiro atoms. The predicted molar refractivity (Wildman–Crippen MR) is 91.8 cm³/mol. The molecule has 114 valence electrons. The average molecular weight is 315 g/mol. The van der Waals surface area contributed by atoms with Gasteiger partial charge in [0.1, 0.15) is 0 Å². The molecule has 3 rings (SSSR count). The van der Waals surface area contributed by atoms with Gasteiger partial charge in [-0.05, 0) is 48.7 Å². The Balaban J connectivity index is 1.68. The summed E-state index contributed by atoms with van der Waals surface area (Å²) in [5.74, 6) is -0.0108. The van der Waals surface area contributed by atoms with Crippen molar-refractivity contribution in [1.29, 1.82) is 0 Å². The van der Waals surface area contributed by atoms with Crippen LogP contribution < -0.4 is 10.2 Å². The largest absolute Gasteiger partial charge is 0.371 e. The molecule has 3 nitrogen and oxygen atoms in total. The van der Waals surface area contributed by atoms with Gasteiger partial charge in [-0.15, -0.1) is 0 Å². The molecule has 0 aromatic heterocycles. The number of amides is 1. The normalized spacial score (nSPS) is 13.1. The zero-order valence-electron chi connectivity index (χ0n) is 12.6. The van der Waals surface area contributed by atoms with Crippen LogP contribution in [0, 0.1) is 0 Å². The summed E-state index contributed by atoms with van der Waals surface area (Å²) in [5.41, 5.74) is 4.42. The first-order chi connectivity index (χ1) is 10.7. The molecule has 0 unspecified atom stereocenters. The number of nitrogens with one attached hydrogen (secondary N) is 1. The summed E-state index contributed by atoms with van der Waals surface area (Å²) >= 11 is 5.85. The van der Waals surface area contributed by atoms with E-state index in [9.17, 15) is 4.79 Å². The molecular weight excluding hydrogens is 296 g/mol. The first-order valence-corrected chi connectivity index (χ1v) is 7.95. The first kappa shape index (κ1) is 14.9. The molecule has 0 bridgehead atoms. The minimum absolute atomic E-state index is 0.0108. The minimum Gasteiger partial charge on any atom is -0.371 e. The number of halogens is 1. The fourth-order valence-electron chi connectivity index (χ4n) is 2.84. The molecule has 1 N–H and O–H groups in total. The van der Waals surface area contributed by atoms with Crippen molar-refractivity contribution in [2.75, 3.05) is 23.3 Å². The topological polar surface area (TPSA) is 32.3 Å². The summed E-state index contributed by atoms with van der Waals surface area (Å²) in [6.07, 6.45) is 1.44. The molecule has 1 heterocycles. The summed E-state index contributed by atoms with van der Waals surface area (Å²) < 4.78 is 0. The van der Waals surface area contributed by atoms with Crippen LogP contribution in [-0.4, -0.2) is 19.0 Å². The lowest BCUT2D eigenvalue weighted by Crippen LogP contribution is -2.19. The second kappa shape index (κ2) is 6.41. The van der Waals surface area contributed by atoms with Crippen LogP contribution in [0.25, 0.3) is 0 Å². The lowest BCUT2D eigenvalue weighted by atomic mass is 10.1. The van der Waals surface area contributed by atoms with Gasteiger partial charge in [0.25, 0.3) is 0 Å². The third-order valence-electron chi connectivity index (χ3n) is 4.02. The Kier molecular flexibility index (Phi) is 4.34. The molecule has 22 heavy (non-hydrogen) atoms. The number of carbonyl (C=O) groups excluding carboxylic acids is 1. The minimum atomic E-state index is -0.0108. The Morgan fingerprint density at radius 1 is 1.23 bits per heavy atom. The van der Waals surface area contributed by atoms with E-state index in [0.29, 0.717) is 11.4 Å². The number of likely N-dealkylation sites (N-methyl/N-ethyl adjacent to an activating group) is 1. The smallest absolute Gasteiger partial charge is 0.228 e. The maximum atomic E-state index is 12.2. The SMILES string of the molecule is CCN1CCc2ccc(NC(=O)Cc3ccc(Cl)cc3)cc21. The lowest BCUT2D eigenvalue weighted by Gasteiger charge is -2.17. The second-order valence-electron chi connectivity index (χ2n) is 5.52. The zero-order chi connectivity index (χ0) is 15.5. The fraction of sp³-hybridized carbons (Fsp3) is 0.278. The summed E-state index contributed by atoms with van der Waals surface area (Å²) in [7, 11) is 0. The highest BCUT2D eigenvalue weighted by atomic mass is 35.5. The van der Waals surface area contributed by atoms with Crippen molar-refractivity contribution in [2.24, 2.45) is 0 Å². The molecule has 4 heteroatoms. The highest BCUT2D eigenvalue weighted by Crippen LogP contribution is 2.30. The Hall–Kier alpha value is -2.00. The van der Waals surface area contributed by atoms with Crippen LogP contribution in [0.2, 0.25) is 5.02 Å². The van der Waals surface area contributed by atoms with Gasteiger partial charge in [-0.25, -0.2) is 0 Å². The number of rotatable bonds is 4. The van der Waals surface area contributed by atoms with E-state index < -0.39 is 0 Å². The van der Waals surface area contributed by atoms with Gasteiger partial charge in [-0.1, -0.05) is 29.8 Å². The molecule has 0 saturated carbocycles. The van der Waals surface area contributed by atoms with Gasteiger partial charge in [-0.2, -0.15) is 0 Å². The molecule has 0 atom stereocenters. The quantitative estimate of drug-likeness (QED) is 0.928. The van der Waals surface area contributed by atoms with Crippen LogP contribution in [0.3, 0.4) is 0 Å². The molecule has 1 aliphatic rings. The number of hydrogen-bond acceptors (Lipinski definition) is 2. The van der Waals surface area contributed by atoms with E-state index in [1.165, 1.54) is 11.3 Å². The van der Waals surface area contributed by atoms with Gasteiger partial charge < -0.3 is 10.2 Å². The van der Waals surface area contributed by atoms with Gasteiger partial charge in [0, 0.05) is 29.5 Å². The maximum Gasteiger partial charge on any atom is 0.228 e. The van der Waals surface area contributed by atoms with Crippen molar-refractivity contribution in [3.8, 4) is 0 Å². The van der Waals surface area contributed by atoms with Crippen molar-refractivity contribution in [2.45, 2.75) is 19.8 Å². The van der Waals surface area contributed by atoms with Gasteiger partial charge in [0.2, 0.25) is 5.91 Å². The summed E-state index contributed by atoms with van der Waals surface area (Å²) in [4.78, 5) is 14.5. The number of fused-ring (bicyclic) bond motifs is 1. The summed E-state index contributed by atoms with van der Waals surface area (Å²) in [6, 6.07) is 13.5. The molecule has 0 aliphatic carbocycles. The van der Waals surface area contributed by atoms with Crippen LogP contribution in [0.4, 0.5) is 11.4 Å². The van der Waals surface area contributed by atoms with Crippen LogP contribution in [0.5, 0.6) is 0 Å². The van der Waals surface area contributed by atoms with Crippen LogP contribution in [-0.2, 0) is 17.6 Å². The number of benzene rings is 2. The molecular formula is C18H19ClN2O. The number of nitrogens with zero attached hydrogens (tertiary/aromatic N) is 1.